The standard InChI is InChI=1S/C18H14FN3O3S/c19-14-8-11(6-7-13(14)12-4-2-1-3-5-12)10-20-22-18-21-17(25)15(26-18)9-16(23)24/h1-8,10,15H,9H2,(H,23,24)(H,21,22,25). The number of amidine groups is 1. The minimum Gasteiger partial charge on any atom is -0.481 e. The zero-order chi connectivity index (χ0) is 18.5. The molecule has 2 aromatic carbocycles. The molecule has 26 heavy (non-hydrogen) atoms. The summed E-state index contributed by atoms with van der Waals surface area (Å²) in [5.74, 6) is -1.85. The van der Waals surface area contributed by atoms with E-state index in [0.29, 0.717) is 11.1 Å². The Hall–Kier alpha value is -3.00. The molecule has 0 aliphatic carbocycles. The van der Waals surface area contributed by atoms with E-state index in [0.717, 1.165) is 17.3 Å². The minimum atomic E-state index is -1.06. The van der Waals surface area contributed by atoms with Crippen LogP contribution in [0.25, 0.3) is 11.1 Å². The first-order valence-electron chi connectivity index (χ1n) is 7.68. The van der Waals surface area contributed by atoms with Crippen molar-refractivity contribution in [3.63, 3.8) is 0 Å². The van der Waals surface area contributed by atoms with Crippen LogP contribution in [0.2, 0.25) is 0 Å². The number of hydrogen-bond acceptors (Lipinski definition) is 5. The highest BCUT2D eigenvalue weighted by atomic mass is 32.2. The summed E-state index contributed by atoms with van der Waals surface area (Å²) in [5.41, 5.74) is 1.79. The van der Waals surface area contributed by atoms with Crippen molar-refractivity contribution >= 4 is 35.0 Å². The summed E-state index contributed by atoms with van der Waals surface area (Å²) in [7, 11) is 0. The van der Waals surface area contributed by atoms with Gasteiger partial charge in [-0.15, -0.1) is 5.10 Å². The van der Waals surface area contributed by atoms with Gasteiger partial charge in [-0.25, -0.2) is 4.39 Å². The Balaban J connectivity index is 1.69. The Bertz CT molecular complexity index is 900. The lowest BCUT2D eigenvalue weighted by atomic mass is 10.0. The second-order valence-corrected chi connectivity index (χ2v) is 6.64. The number of benzene rings is 2. The summed E-state index contributed by atoms with van der Waals surface area (Å²) in [6, 6.07) is 13.9. The van der Waals surface area contributed by atoms with Gasteiger partial charge in [-0.3, -0.25) is 9.59 Å². The van der Waals surface area contributed by atoms with Gasteiger partial charge in [0.25, 0.3) is 0 Å². The second-order valence-electron chi connectivity index (χ2n) is 5.45. The molecule has 1 aliphatic rings. The maximum atomic E-state index is 14.3. The molecule has 2 aromatic rings. The maximum Gasteiger partial charge on any atom is 0.305 e. The van der Waals surface area contributed by atoms with Gasteiger partial charge in [-0.05, 0) is 17.2 Å². The summed E-state index contributed by atoms with van der Waals surface area (Å²) in [5, 5.41) is 18.4. The summed E-state index contributed by atoms with van der Waals surface area (Å²) in [6.07, 6.45) is 1.08. The number of carboxylic acid groups (broad SMARTS) is 1. The van der Waals surface area contributed by atoms with E-state index in [9.17, 15) is 14.0 Å². The molecular formula is C18H14FN3O3S. The van der Waals surface area contributed by atoms with Gasteiger partial charge in [0.2, 0.25) is 5.91 Å². The van der Waals surface area contributed by atoms with Crippen molar-refractivity contribution in [2.45, 2.75) is 11.7 Å². The number of carbonyl (C=O) groups excluding carboxylic acids is 1. The molecule has 2 N–H and O–H groups in total. The summed E-state index contributed by atoms with van der Waals surface area (Å²) in [6.45, 7) is 0. The van der Waals surface area contributed by atoms with Crippen LogP contribution in [0.15, 0.2) is 58.7 Å². The highest BCUT2D eigenvalue weighted by Gasteiger charge is 2.32. The van der Waals surface area contributed by atoms with E-state index in [4.69, 9.17) is 5.11 Å². The van der Waals surface area contributed by atoms with Gasteiger partial charge in [0.05, 0.1) is 12.6 Å². The number of aliphatic carboxylic acids is 1. The van der Waals surface area contributed by atoms with Gasteiger partial charge >= 0.3 is 5.97 Å². The molecule has 1 heterocycles. The van der Waals surface area contributed by atoms with E-state index in [1.165, 1.54) is 12.3 Å². The van der Waals surface area contributed by atoms with Crippen LogP contribution < -0.4 is 5.32 Å². The van der Waals surface area contributed by atoms with Crippen LogP contribution in [0.1, 0.15) is 12.0 Å². The molecule has 0 radical (unpaired) electrons. The van der Waals surface area contributed by atoms with Gasteiger partial charge in [-0.2, -0.15) is 5.10 Å². The maximum absolute atomic E-state index is 14.3. The van der Waals surface area contributed by atoms with Crippen LogP contribution in [0, 0.1) is 5.82 Å². The van der Waals surface area contributed by atoms with Crippen molar-refractivity contribution in [1.82, 2.24) is 5.32 Å². The monoisotopic (exact) mass is 371 g/mol. The number of halogens is 1. The molecule has 1 aliphatic heterocycles. The van der Waals surface area contributed by atoms with Crippen molar-refractivity contribution in [2.24, 2.45) is 10.2 Å². The number of rotatable bonds is 5. The van der Waals surface area contributed by atoms with Crippen molar-refractivity contribution < 1.29 is 19.1 Å². The fraction of sp³-hybridized carbons (Fsp3) is 0.111. The van der Waals surface area contributed by atoms with Gasteiger partial charge < -0.3 is 10.4 Å². The largest absolute Gasteiger partial charge is 0.481 e. The Morgan fingerprint density at radius 1 is 1.27 bits per heavy atom. The zero-order valence-corrected chi connectivity index (χ0v) is 14.2. The number of thioether (sulfide) groups is 1. The average molecular weight is 371 g/mol. The molecule has 6 nitrogen and oxygen atoms in total. The Labute approximate surface area is 152 Å². The summed E-state index contributed by atoms with van der Waals surface area (Å²) in [4.78, 5) is 22.3. The van der Waals surface area contributed by atoms with Crippen LogP contribution in [-0.2, 0) is 9.59 Å². The van der Waals surface area contributed by atoms with E-state index in [2.05, 4.69) is 15.5 Å². The lowest BCUT2D eigenvalue weighted by molar-refractivity contribution is -0.138. The van der Waals surface area contributed by atoms with E-state index in [1.807, 2.05) is 30.3 Å². The van der Waals surface area contributed by atoms with Gasteiger partial charge in [0.15, 0.2) is 5.17 Å². The first-order valence-corrected chi connectivity index (χ1v) is 8.56. The number of carbonyl (C=O) groups is 2. The molecule has 1 fully saturated rings. The van der Waals surface area contributed by atoms with Crippen molar-refractivity contribution in [2.75, 3.05) is 0 Å². The lowest BCUT2D eigenvalue weighted by Gasteiger charge is -2.03. The third-order valence-electron chi connectivity index (χ3n) is 3.57. The van der Waals surface area contributed by atoms with Crippen LogP contribution in [0.5, 0.6) is 0 Å². The van der Waals surface area contributed by atoms with Crippen LogP contribution in [-0.4, -0.2) is 33.6 Å². The van der Waals surface area contributed by atoms with Crippen LogP contribution >= 0.6 is 11.8 Å². The van der Waals surface area contributed by atoms with Crippen molar-refractivity contribution in [3.05, 3.63) is 59.9 Å². The quantitative estimate of drug-likeness (QED) is 0.625. The molecule has 8 heteroatoms. The van der Waals surface area contributed by atoms with E-state index in [1.54, 1.807) is 12.1 Å². The minimum absolute atomic E-state index is 0.221. The first-order chi connectivity index (χ1) is 12.5. The summed E-state index contributed by atoms with van der Waals surface area (Å²) >= 11 is 1.01. The molecule has 0 aromatic heterocycles. The molecular weight excluding hydrogens is 357 g/mol. The first kappa shape index (κ1) is 17.8. The number of carboxylic acids is 1. The number of amides is 1. The van der Waals surface area contributed by atoms with Crippen LogP contribution in [0.3, 0.4) is 0 Å². The molecule has 0 bridgehead atoms. The number of nitrogens with one attached hydrogen (secondary N) is 1. The van der Waals surface area contributed by atoms with E-state index >= 15 is 0 Å². The van der Waals surface area contributed by atoms with Crippen LogP contribution in [0.4, 0.5) is 4.39 Å². The molecule has 1 atom stereocenters. The molecule has 3 rings (SSSR count). The highest BCUT2D eigenvalue weighted by molar-refractivity contribution is 8.15. The predicted molar refractivity (Wildman–Crippen MR) is 98.6 cm³/mol. The number of nitrogens with zero attached hydrogens (tertiary/aromatic N) is 2. The lowest BCUT2D eigenvalue weighted by Crippen LogP contribution is -2.26. The molecule has 1 amide bonds. The SMILES string of the molecule is O=C(O)CC1SC(=NN=Cc2ccc(-c3ccccc3)c(F)c2)NC1=O. The molecule has 0 saturated carbocycles. The Morgan fingerprint density at radius 2 is 2.04 bits per heavy atom. The normalized spacial score (nSPS) is 18.4. The highest BCUT2D eigenvalue weighted by Crippen LogP contribution is 2.24. The van der Waals surface area contributed by atoms with Crippen molar-refractivity contribution in [1.29, 1.82) is 0 Å². The van der Waals surface area contributed by atoms with Gasteiger partial charge in [0.1, 0.15) is 11.1 Å². The predicted octanol–water partition coefficient (Wildman–Crippen LogP) is 2.89. The van der Waals surface area contributed by atoms with E-state index in [-0.39, 0.29) is 17.4 Å². The smallest absolute Gasteiger partial charge is 0.305 e. The van der Waals surface area contributed by atoms with Gasteiger partial charge in [0, 0.05) is 5.56 Å². The fourth-order valence-corrected chi connectivity index (χ4v) is 3.27. The second kappa shape index (κ2) is 7.92. The molecule has 0 spiro atoms. The Kier molecular flexibility index (Phi) is 5.43. The average Bonchev–Trinajstić information content (AvgIpc) is 2.94. The summed E-state index contributed by atoms with van der Waals surface area (Å²) < 4.78 is 14.3. The Morgan fingerprint density at radius 3 is 2.73 bits per heavy atom. The zero-order valence-electron chi connectivity index (χ0n) is 13.4. The van der Waals surface area contributed by atoms with Gasteiger partial charge in [-0.1, -0.05) is 54.2 Å². The van der Waals surface area contributed by atoms with E-state index < -0.39 is 17.1 Å². The number of hydrogen-bond donors (Lipinski definition) is 2. The third kappa shape index (κ3) is 4.34. The fourth-order valence-electron chi connectivity index (χ4n) is 2.36. The topological polar surface area (TPSA) is 91.1 Å². The van der Waals surface area contributed by atoms with Crippen molar-refractivity contribution in [3.8, 4) is 11.1 Å². The molecule has 1 saturated heterocycles. The third-order valence-corrected chi connectivity index (χ3v) is 4.64. The molecule has 1 unspecified atom stereocenters. The molecule has 132 valence electrons.